The van der Waals surface area contributed by atoms with E-state index >= 15 is 0 Å². The summed E-state index contributed by atoms with van der Waals surface area (Å²) in [5, 5.41) is 10.1. The first kappa shape index (κ1) is 8.96. The van der Waals surface area contributed by atoms with E-state index in [2.05, 4.69) is 4.98 Å². The van der Waals surface area contributed by atoms with E-state index in [1.165, 1.54) is 18.2 Å². The van der Waals surface area contributed by atoms with Gasteiger partial charge in [0.05, 0.1) is 11.9 Å². The van der Waals surface area contributed by atoms with Gasteiger partial charge in [-0.25, -0.2) is 0 Å². The van der Waals surface area contributed by atoms with Crippen molar-refractivity contribution in [3.05, 3.63) is 34.1 Å². The van der Waals surface area contributed by atoms with Gasteiger partial charge in [0, 0.05) is 23.6 Å². The van der Waals surface area contributed by atoms with Crippen LogP contribution in [0.15, 0.2) is 23.0 Å². The molecule has 16 heavy (non-hydrogen) atoms. The fourth-order valence-corrected chi connectivity index (χ4v) is 1.96. The molecule has 2 N–H and O–H groups in total. The molecule has 0 fully saturated rings. The number of benzene rings is 1. The number of hydrogen-bond acceptors (Lipinski definition) is 4. The predicted octanol–water partition coefficient (Wildman–Crippen LogP) is 0.695. The van der Waals surface area contributed by atoms with E-state index in [0.717, 1.165) is 0 Å². The molecule has 2 heterocycles. The van der Waals surface area contributed by atoms with E-state index in [9.17, 15) is 14.7 Å². The van der Waals surface area contributed by atoms with E-state index < -0.39 is 5.97 Å². The molecule has 1 aliphatic rings. The van der Waals surface area contributed by atoms with Gasteiger partial charge in [0.15, 0.2) is 0 Å². The molecule has 0 spiro atoms. The van der Waals surface area contributed by atoms with Crippen LogP contribution < -0.4 is 10.3 Å². The summed E-state index contributed by atoms with van der Waals surface area (Å²) in [6, 6.07) is 4.17. The second kappa shape index (κ2) is 2.85. The standard InChI is InChI=1S/C11H7NO4/c13-6-3-7-11-5(1-9(14)12-7)2-10(15)16-8(11)4-6/h1,3-4,13H,2H2,(H,12,14). The van der Waals surface area contributed by atoms with E-state index in [1.54, 1.807) is 0 Å². The number of aromatic nitrogens is 1. The summed E-state index contributed by atoms with van der Waals surface area (Å²) < 4.78 is 5.00. The van der Waals surface area contributed by atoms with E-state index in [1.807, 2.05) is 0 Å². The third-order valence-corrected chi connectivity index (χ3v) is 2.53. The fourth-order valence-electron chi connectivity index (χ4n) is 1.96. The van der Waals surface area contributed by atoms with Gasteiger partial charge < -0.3 is 14.8 Å². The summed E-state index contributed by atoms with van der Waals surface area (Å²) in [5.74, 6) is -0.187. The Labute approximate surface area is 89.3 Å². The molecular weight excluding hydrogens is 210 g/mol. The third-order valence-electron chi connectivity index (χ3n) is 2.53. The number of hydrogen-bond donors (Lipinski definition) is 2. The van der Waals surface area contributed by atoms with Crippen molar-refractivity contribution in [2.24, 2.45) is 0 Å². The molecule has 5 heteroatoms. The SMILES string of the molecule is O=C1Cc2cc(=O)[nH]c3cc(O)cc(c23)O1. The van der Waals surface area contributed by atoms with Crippen molar-refractivity contribution in [2.75, 3.05) is 0 Å². The van der Waals surface area contributed by atoms with Crippen molar-refractivity contribution in [1.82, 2.24) is 4.98 Å². The second-order valence-electron chi connectivity index (χ2n) is 3.68. The molecule has 0 radical (unpaired) electrons. The van der Waals surface area contributed by atoms with E-state index in [4.69, 9.17) is 4.74 Å². The maximum atomic E-state index is 11.3. The minimum Gasteiger partial charge on any atom is -0.508 e. The molecule has 0 saturated heterocycles. The van der Waals surface area contributed by atoms with Crippen LogP contribution in [0, 0.1) is 0 Å². The number of phenols is 1. The highest BCUT2D eigenvalue weighted by Crippen LogP contribution is 2.34. The number of aromatic hydroxyl groups is 1. The van der Waals surface area contributed by atoms with Gasteiger partial charge in [-0.05, 0) is 5.56 Å². The zero-order valence-corrected chi connectivity index (χ0v) is 8.11. The van der Waals surface area contributed by atoms with Crippen LogP contribution in [0.1, 0.15) is 5.56 Å². The molecule has 80 valence electrons. The number of esters is 1. The van der Waals surface area contributed by atoms with Gasteiger partial charge >= 0.3 is 5.97 Å². The number of nitrogens with one attached hydrogen (secondary N) is 1. The molecule has 0 atom stereocenters. The molecule has 1 aliphatic heterocycles. The molecule has 5 nitrogen and oxygen atoms in total. The predicted molar refractivity (Wildman–Crippen MR) is 55.6 cm³/mol. The summed E-state index contributed by atoms with van der Waals surface area (Å²) in [6.45, 7) is 0. The Balaban J connectivity index is 2.51. The Morgan fingerprint density at radius 2 is 2.06 bits per heavy atom. The molecule has 2 aromatic rings. The molecule has 0 amide bonds. The Morgan fingerprint density at radius 1 is 1.25 bits per heavy atom. The minimum atomic E-state index is -0.426. The van der Waals surface area contributed by atoms with Crippen LogP contribution in [0.5, 0.6) is 11.5 Å². The summed E-state index contributed by atoms with van der Waals surface area (Å²) in [7, 11) is 0. The van der Waals surface area contributed by atoms with Crippen molar-refractivity contribution in [2.45, 2.75) is 6.42 Å². The molecular formula is C11H7NO4. The van der Waals surface area contributed by atoms with Crippen LogP contribution in [-0.2, 0) is 11.2 Å². The second-order valence-corrected chi connectivity index (χ2v) is 3.68. The molecule has 1 aromatic heterocycles. The van der Waals surface area contributed by atoms with Gasteiger partial charge in [-0.3, -0.25) is 9.59 Å². The average Bonchev–Trinajstić information content (AvgIpc) is 2.14. The third kappa shape index (κ3) is 1.18. The minimum absolute atomic E-state index is 0.0509. The van der Waals surface area contributed by atoms with Crippen LogP contribution in [0.25, 0.3) is 10.9 Å². The van der Waals surface area contributed by atoms with Crippen molar-refractivity contribution in [3.63, 3.8) is 0 Å². The Kier molecular flexibility index (Phi) is 1.60. The van der Waals surface area contributed by atoms with Crippen molar-refractivity contribution < 1.29 is 14.6 Å². The van der Waals surface area contributed by atoms with Crippen LogP contribution in [0.4, 0.5) is 0 Å². The average molecular weight is 217 g/mol. The highest BCUT2D eigenvalue weighted by atomic mass is 16.5. The van der Waals surface area contributed by atoms with Gasteiger partial charge in [0.2, 0.25) is 5.56 Å². The van der Waals surface area contributed by atoms with Crippen molar-refractivity contribution in [3.8, 4) is 11.5 Å². The molecule has 0 saturated carbocycles. The normalized spacial score (nSPS) is 13.9. The lowest BCUT2D eigenvalue weighted by molar-refractivity contribution is -0.133. The first-order valence-electron chi connectivity index (χ1n) is 4.73. The smallest absolute Gasteiger partial charge is 0.315 e. The number of aromatic amines is 1. The molecule has 0 aliphatic carbocycles. The van der Waals surface area contributed by atoms with Crippen molar-refractivity contribution in [1.29, 1.82) is 0 Å². The lowest BCUT2D eigenvalue weighted by Crippen LogP contribution is -2.19. The van der Waals surface area contributed by atoms with Crippen molar-refractivity contribution >= 4 is 16.9 Å². The summed E-state index contributed by atoms with van der Waals surface area (Å²) in [5.41, 5.74) is 0.809. The number of phenolic OH excluding ortho intramolecular Hbond substituents is 1. The molecule has 1 aromatic carbocycles. The van der Waals surface area contributed by atoms with Gasteiger partial charge in [-0.2, -0.15) is 0 Å². The highest BCUT2D eigenvalue weighted by molar-refractivity contribution is 5.97. The summed E-state index contributed by atoms with van der Waals surface area (Å²) >= 11 is 0. The molecule has 3 rings (SSSR count). The topological polar surface area (TPSA) is 79.4 Å². The lowest BCUT2D eigenvalue weighted by Gasteiger charge is -2.16. The quantitative estimate of drug-likeness (QED) is 0.502. The highest BCUT2D eigenvalue weighted by Gasteiger charge is 2.21. The summed E-state index contributed by atoms with van der Waals surface area (Å²) in [4.78, 5) is 25.2. The number of carbonyl (C=O) groups is 1. The largest absolute Gasteiger partial charge is 0.508 e. The monoisotopic (exact) mass is 217 g/mol. The maximum absolute atomic E-state index is 11.3. The van der Waals surface area contributed by atoms with E-state index in [-0.39, 0.29) is 23.5 Å². The zero-order chi connectivity index (χ0) is 11.3. The number of rotatable bonds is 0. The Hall–Kier alpha value is -2.30. The molecule has 0 bridgehead atoms. The number of H-pyrrole nitrogens is 1. The van der Waals surface area contributed by atoms with Gasteiger partial charge in [-0.1, -0.05) is 0 Å². The Morgan fingerprint density at radius 3 is 2.88 bits per heavy atom. The molecule has 0 unspecified atom stereocenters. The van der Waals surface area contributed by atoms with Crippen LogP contribution in [0.3, 0.4) is 0 Å². The lowest BCUT2D eigenvalue weighted by atomic mass is 10.0. The number of pyridine rings is 1. The van der Waals surface area contributed by atoms with Crippen LogP contribution in [0.2, 0.25) is 0 Å². The van der Waals surface area contributed by atoms with Crippen LogP contribution >= 0.6 is 0 Å². The summed E-state index contributed by atoms with van der Waals surface area (Å²) in [6.07, 6.45) is 0.0815. The number of carbonyl (C=O) groups excluding carboxylic acids is 1. The van der Waals surface area contributed by atoms with Gasteiger partial charge in [0.1, 0.15) is 11.5 Å². The zero-order valence-electron chi connectivity index (χ0n) is 8.11. The Bertz CT molecular complexity index is 671. The first-order chi connectivity index (χ1) is 7.63. The fraction of sp³-hybridized carbons (Fsp3) is 0.0909. The van der Waals surface area contributed by atoms with Gasteiger partial charge in [-0.15, -0.1) is 0 Å². The van der Waals surface area contributed by atoms with Crippen LogP contribution in [-0.4, -0.2) is 16.1 Å². The number of ether oxygens (including phenoxy) is 1. The first-order valence-corrected chi connectivity index (χ1v) is 4.73. The van der Waals surface area contributed by atoms with E-state index in [0.29, 0.717) is 16.5 Å². The van der Waals surface area contributed by atoms with Gasteiger partial charge in [0.25, 0.3) is 0 Å². The maximum Gasteiger partial charge on any atom is 0.315 e.